The monoisotopic (exact) mass is 302 g/mol. The highest BCUT2D eigenvalue weighted by Crippen LogP contribution is 2.26. The van der Waals surface area contributed by atoms with Gasteiger partial charge in [0.15, 0.2) is 5.78 Å². The number of hydrogen-bond acceptors (Lipinski definition) is 3. The number of Topliss-reactive ketones (excluding diaryl/α,β-unsaturated/α-hetero) is 1. The largest absolute Gasteiger partial charge is 0.468 e. The van der Waals surface area contributed by atoms with Crippen molar-refractivity contribution in [3.05, 3.63) is 34.1 Å². The van der Waals surface area contributed by atoms with Crippen LogP contribution >= 0.6 is 15.9 Å². The van der Waals surface area contributed by atoms with Gasteiger partial charge in [-0.25, -0.2) is 4.39 Å². The van der Waals surface area contributed by atoms with Crippen LogP contribution in [0.2, 0.25) is 0 Å². The van der Waals surface area contributed by atoms with Gasteiger partial charge in [0, 0.05) is 4.47 Å². The van der Waals surface area contributed by atoms with Gasteiger partial charge >= 0.3 is 5.97 Å². The van der Waals surface area contributed by atoms with Crippen LogP contribution in [0.1, 0.15) is 24.2 Å². The lowest BCUT2D eigenvalue weighted by molar-refractivity contribution is -0.147. The Morgan fingerprint density at radius 2 is 1.94 bits per heavy atom. The molecule has 0 aliphatic heterocycles. The Morgan fingerprint density at radius 1 is 1.35 bits per heavy atom. The number of carbonyl (C=O) groups is 2. The third-order valence-electron chi connectivity index (χ3n) is 2.44. The summed E-state index contributed by atoms with van der Waals surface area (Å²) < 4.78 is 18.6. The van der Waals surface area contributed by atoms with Crippen molar-refractivity contribution in [2.24, 2.45) is 5.41 Å². The third-order valence-corrected chi connectivity index (χ3v) is 2.93. The molecule has 0 N–H and O–H groups in total. The van der Waals surface area contributed by atoms with Crippen LogP contribution in [0.15, 0.2) is 22.7 Å². The quantitative estimate of drug-likeness (QED) is 0.490. The summed E-state index contributed by atoms with van der Waals surface area (Å²) in [6, 6.07) is 4.00. The Bertz CT molecular complexity index is 469. The molecular formula is C12H12BrFO3. The van der Waals surface area contributed by atoms with Crippen LogP contribution in [0.25, 0.3) is 0 Å². The highest BCUT2D eigenvalue weighted by atomic mass is 79.9. The van der Waals surface area contributed by atoms with Gasteiger partial charge in [0.1, 0.15) is 11.2 Å². The van der Waals surface area contributed by atoms with Crippen molar-refractivity contribution in [3.8, 4) is 0 Å². The lowest BCUT2D eigenvalue weighted by Gasteiger charge is -2.20. The standard InChI is InChI=1S/C12H12BrFO3/c1-12(2,11(16)17-3)10(15)8-6-7(13)4-5-9(8)14/h4-6H,1-3H3. The van der Waals surface area contributed by atoms with E-state index in [4.69, 9.17) is 0 Å². The molecule has 0 fully saturated rings. The molecule has 0 saturated carbocycles. The van der Waals surface area contributed by atoms with Crippen LogP contribution in [0.3, 0.4) is 0 Å². The van der Waals surface area contributed by atoms with Gasteiger partial charge in [-0.2, -0.15) is 0 Å². The van der Waals surface area contributed by atoms with Crippen molar-refractivity contribution in [2.45, 2.75) is 13.8 Å². The lowest BCUT2D eigenvalue weighted by Crippen LogP contribution is -2.35. The molecule has 0 bridgehead atoms. The molecule has 0 amide bonds. The van der Waals surface area contributed by atoms with Crippen LogP contribution in [-0.4, -0.2) is 18.9 Å². The zero-order chi connectivity index (χ0) is 13.2. The van der Waals surface area contributed by atoms with E-state index in [9.17, 15) is 14.0 Å². The summed E-state index contributed by atoms with van der Waals surface area (Å²) >= 11 is 3.15. The van der Waals surface area contributed by atoms with E-state index in [0.717, 1.165) is 0 Å². The molecule has 0 heterocycles. The summed E-state index contributed by atoms with van der Waals surface area (Å²) in [6.45, 7) is 2.81. The Morgan fingerprint density at radius 3 is 2.47 bits per heavy atom. The Hall–Kier alpha value is -1.23. The fraction of sp³-hybridized carbons (Fsp3) is 0.333. The molecule has 1 aromatic rings. The molecule has 1 rings (SSSR count). The summed E-state index contributed by atoms with van der Waals surface area (Å²) in [5.74, 6) is -1.96. The third kappa shape index (κ3) is 2.72. The van der Waals surface area contributed by atoms with Crippen LogP contribution in [0.5, 0.6) is 0 Å². The second-order valence-corrected chi connectivity index (χ2v) is 4.99. The Balaban J connectivity index is 3.21. The molecule has 17 heavy (non-hydrogen) atoms. The Kier molecular flexibility index (Phi) is 4.03. The van der Waals surface area contributed by atoms with Crippen molar-refractivity contribution in [1.29, 1.82) is 0 Å². The van der Waals surface area contributed by atoms with Crippen molar-refractivity contribution >= 4 is 27.7 Å². The van der Waals surface area contributed by atoms with E-state index in [-0.39, 0.29) is 5.56 Å². The van der Waals surface area contributed by atoms with Crippen LogP contribution in [0, 0.1) is 11.2 Å². The topological polar surface area (TPSA) is 43.4 Å². The SMILES string of the molecule is COC(=O)C(C)(C)C(=O)c1cc(Br)ccc1F. The van der Waals surface area contributed by atoms with E-state index >= 15 is 0 Å². The maximum absolute atomic E-state index is 13.5. The van der Waals surface area contributed by atoms with Crippen molar-refractivity contribution in [3.63, 3.8) is 0 Å². The van der Waals surface area contributed by atoms with E-state index < -0.39 is 23.0 Å². The van der Waals surface area contributed by atoms with Crippen LogP contribution in [-0.2, 0) is 9.53 Å². The molecule has 1 aromatic carbocycles. The average Bonchev–Trinajstić information content (AvgIpc) is 2.30. The summed E-state index contributed by atoms with van der Waals surface area (Å²) in [5.41, 5.74) is -1.54. The Labute approximate surface area is 107 Å². The van der Waals surface area contributed by atoms with E-state index in [1.165, 1.54) is 39.2 Å². The second kappa shape index (κ2) is 4.96. The number of ether oxygens (including phenoxy) is 1. The lowest BCUT2D eigenvalue weighted by atomic mass is 9.84. The minimum Gasteiger partial charge on any atom is -0.468 e. The zero-order valence-corrected chi connectivity index (χ0v) is 11.3. The minimum absolute atomic E-state index is 0.130. The molecule has 0 radical (unpaired) electrons. The van der Waals surface area contributed by atoms with Crippen molar-refractivity contribution in [2.75, 3.05) is 7.11 Å². The van der Waals surface area contributed by atoms with E-state index in [1.807, 2.05) is 0 Å². The number of hydrogen-bond donors (Lipinski definition) is 0. The summed E-state index contributed by atoms with van der Waals surface area (Å²) in [7, 11) is 1.19. The first kappa shape index (κ1) is 13.8. The van der Waals surface area contributed by atoms with Gasteiger partial charge in [0.25, 0.3) is 0 Å². The van der Waals surface area contributed by atoms with E-state index in [1.54, 1.807) is 0 Å². The minimum atomic E-state index is -1.41. The first-order valence-electron chi connectivity index (χ1n) is 4.89. The molecular weight excluding hydrogens is 291 g/mol. The number of rotatable bonds is 3. The summed E-state index contributed by atoms with van der Waals surface area (Å²) in [5, 5.41) is 0. The maximum Gasteiger partial charge on any atom is 0.319 e. The molecule has 92 valence electrons. The molecule has 0 unspecified atom stereocenters. The van der Waals surface area contributed by atoms with Gasteiger partial charge < -0.3 is 4.74 Å². The van der Waals surface area contributed by atoms with E-state index in [2.05, 4.69) is 20.7 Å². The number of esters is 1. The average molecular weight is 303 g/mol. The molecule has 0 aliphatic rings. The number of benzene rings is 1. The second-order valence-electron chi connectivity index (χ2n) is 4.07. The van der Waals surface area contributed by atoms with Crippen molar-refractivity contribution < 1.29 is 18.7 Å². The van der Waals surface area contributed by atoms with Crippen LogP contribution in [0.4, 0.5) is 4.39 Å². The van der Waals surface area contributed by atoms with Crippen molar-refractivity contribution in [1.82, 2.24) is 0 Å². The molecule has 0 aromatic heterocycles. The predicted molar refractivity (Wildman–Crippen MR) is 64.2 cm³/mol. The normalized spacial score (nSPS) is 11.1. The highest BCUT2D eigenvalue weighted by Gasteiger charge is 2.38. The van der Waals surface area contributed by atoms with E-state index in [0.29, 0.717) is 4.47 Å². The first-order chi connectivity index (χ1) is 7.80. The molecule has 3 nitrogen and oxygen atoms in total. The van der Waals surface area contributed by atoms with Crippen LogP contribution < -0.4 is 0 Å². The van der Waals surface area contributed by atoms with Gasteiger partial charge in [-0.15, -0.1) is 0 Å². The van der Waals surface area contributed by atoms with Gasteiger partial charge in [0.05, 0.1) is 12.7 Å². The highest BCUT2D eigenvalue weighted by molar-refractivity contribution is 9.10. The maximum atomic E-state index is 13.5. The number of carbonyl (C=O) groups excluding carboxylic acids is 2. The first-order valence-corrected chi connectivity index (χ1v) is 5.68. The summed E-state index contributed by atoms with van der Waals surface area (Å²) in [4.78, 5) is 23.5. The number of ketones is 1. The molecule has 0 saturated heterocycles. The number of halogens is 2. The number of methoxy groups -OCH3 is 1. The zero-order valence-electron chi connectivity index (χ0n) is 9.71. The molecule has 0 spiro atoms. The van der Waals surface area contributed by atoms with Gasteiger partial charge in [0.2, 0.25) is 0 Å². The summed E-state index contributed by atoms with van der Waals surface area (Å²) in [6.07, 6.45) is 0. The molecule has 0 aliphatic carbocycles. The molecule has 0 atom stereocenters. The molecule has 5 heteroatoms. The fourth-order valence-electron chi connectivity index (χ4n) is 1.36. The fourth-order valence-corrected chi connectivity index (χ4v) is 1.72. The predicted octanol–water partition coefficient (Wildman–Crippen LogP) is 2.97. The van der Waals surface area contributed by atoms with Gasteiger partial charge in [-0.1, -0.05) is 15.9 Å². The smallest absolute Gasteiger partial charge is 0.319 e. The van der Waals surface area contributed by atoms with Gasteiger partial charge in [-0.05, 0) is 32.0 Å². The van der Waals surface area contributed by atoms with Gasteiger partial charge in [-0.3, -0.25) is 9.59 Å².